The number of benzene rings is 4. The van der Waals surface area contributed by atoms with E-state index in [9.17, 15) is 42.7 Å². The first-order valence-corrected chi connectivity index (χ1v) is 38.1. The van der Waals surface area contributed by atoms with Gasteiger partial charge in [0, 0.05) is 160 Å². The number of halogens is 2. The van der Waals surface area contributed by atoms with Crippen molar-refractivity contribution in [3.05, 3.63) is 276 Å². The zero-order valence-corrected chi connectivity index (χ0v) is 67.2. The molecule has 8 aromatic heterocycles. The van der Waals surface area contributed by atoms with Crippen molar-refractivity contribution in [2.24, 2.45) is 0 Å². The van der Waals surface area contributed by atoms with Gasteiger partial charge in [-0.2, -0.15) is 4.39 Å². The van der Waals surface area contributed by atoms with Crippen molar-refractivity contribution in [3.8, 4) is 51.4 Å². The number of nitrogens with zero attached hydrogens (tertiary/aromatic N) is 16. The highest BCUT2D eigenvalue weighted by atomic mass is 35.5. The number of ketones is 4. The van der Waals surface area contributed by atoms with Gasteiger partial charge in [-0.25, -0.2) is 59.8 Å². The predicted molar refractivity (Wildman–Crippen MR) is 448 cm³/mol. The summed E-state index contributed by atoms with van der Waals surface area (Å²) in [4.78, 5) is 153. The van der Waals surface area contributed by atoms with Gasteiger partial charge in [-0.15, -0.1) is 0 Å². The lowest BCUT2D eigenvalue weighted by Crippen LogP contribution is -2.25. The van der Waals surface area contributed by atoms with E-state index in [1.54, 1.807) is 183 Å². The fraction of sp³-hybridized carbons (Fsp3) is 0.236. The molecule has 598 valence electrons. The number of nitrogen functional groups attached to an aromatic ring is 1. The van der Waals surface area contributed by atoms with E-state index in [2.05, 4.69) is 59.8 Å². The van der Waals surface area contributed by atoms with Crippen molar-refractivity contribution in [2.45, 2.75) is 105 Å². The lowest BCUT2D eigenvalue weighted by Gasteiger charge is -2.15. The molecule has 0 unspecified atom stereocenters. The Hall–Kier alpha value is -13.8. The number of aromatic nitrogens is 12. The van der Waals surface area contributed by atoms with E-state index in [-0.39, 0.29) is 53.2 Å². The monoisotopic (exact) mass is 1590 g/mol. The Morgan fingerprint density at radius 1 is 0.342 bits per heavy atom. The number of Topliss-reactive ketones (excluding diaryl/α,β-unsaturated/α-hetero) is 4. The van der Waals surface area contributed by atoms with Crippen LogP contribution in [-0.4, -0.2) is 142 Å². The van der Waals surface area contributed by atoms with Gasteiger partial charge in [-0.3, -0.25) is 38.4 Å². The number of rotatable bonds is 29. The molecule has 12 rings (SSSR count). The first kappa shape index (κ1) is 87.2. The zero-order chi connectivity index (χ0) is 83.9. The summed E-state index contributed by atoms with van der Waals surface area (Å²) in [5, 5.41) is 0.433. The first-order chi connectivity index (χ1) is 56.5. The minimum Gasteiger partial charge on any atom is -0.481 e. The van der Waals surface area contributed by atoms with Gasteiger partial charge < -0.3 is 30.1 Å². The maximum Gasteiger partial charge on any atom is 0.226 e. The normalized spacial score (nSPS) is 10.6. The lowest BCUT2D eigenvalue weighted by molar-refractivity contribution is -0.118. The average Bonchev–Trinajstić information content (AvgIpc) is 0.844. The summed E-state index contributed by atoms with van der Waals surface area (Å²) in [5.74, 6) is 2.60. The van der Waals surface area contributed by atoms with E-state index >= 15 is 0 Å². The third-order valence-electron chi connectivity index (χ3n) is 18.8. The number of hydrogen-bond acceptors (Lipinski definition) is 22. The van der Waals surface area contributed by atoms with Crippen LogP contribution in [0.2, 0.25) is 5.15 Å². The Balaban J connectivity index is 0.000000178. The SMILES string of the molecule is CCC(=O)N(C)c1cnc(-c2ccc(C(=O)CCc3cccnc3Cl)cc2)nc1.CCC(=O)N(C)c1cnc(-c2ccc(C(=O)CCc3cccnc3F)cc2)nc1.CCC(=O)N(C)c1cnc(-c2ccc(C(=O)CCc3cccnc3N)cc2)nc1.CCC(=O)N(C)c1cnc(-c2ccc(C(=O)CCc3cccnc3OC)cc2)nc1. The molecule has 2 N–H and O–H groups in total. The van der Waals surface area contributed by atoms with Crippen LogP contribution in [0, 0.1) is 5.95 Å². The average molecular weight is 1600 g/mol. The molecule has 0 bridgehead atoms. The van der Waals surface area contributed by atoms with Crippen LogP contribution in [0.3, 0.4) is 0 Å². The molecule has 0 saturated carbocycles. The highest BCUT2D eigenvalue weighted by molar-refractivity contribution is 6.30. The maximum absolute atomic E-state index is 13.6. The fourth-order valence-corrected chi connectivity index (χ4v) is 11.8. The Morgan fingerprint density at radius 3 is 0.889 bits per heavy atom. The number of hydrogen-bond donors (Lipinski definition) is 1. The molecule has 0 atom stereocenters. The molecular formula is C89H89ClFN17O9. The number of ether oxygens (including phenoxy) is 1. The van der Waals surface area contributed by atoms with E-state index < -0.39 is 5.95 Å². The number of anilines is 5. The second-order valence-corrected chi connectivity index (χ2v) is 26.8. The third kappa shape index (κ3) is 24.6. The highest BCUT2D eigenvalue weighted by Crippen LogP contribution is 2.27. The van der Waals surface area contributed by atoms with Crippen LogP contribution >= 0.6 is 11.6 Å². The number of amides is 4. The van der Waals surface area contributed by atoms with Crippen molar-refractivity contribution >= 4 is 86.9 Å². The van der Waals surface area contributed by atoms with E-state index in [0.29, 0.717) is 161 Å². The molecule has 28 heteroatoms. The van der Waals surface area contributed by atoms with Gasteiger partial charge in [0.15, 0.2) is 46.4 Å². The highest BCUT2D eigenvalue weighted by Gasteiger charge is 2.19. The van der Waals surface area contributed by atoms with Gasteiger partial charge in [0.2, 0.25) is 35.5 Å². The van der Waals surface area contributed by atoms with Crippen LogP contribution in [-0.2, 0) is 44.9 Å². The van der Waals surface area contributed by atoms with Crippen LogP contribution < -0.4 is 30.1 Å². The van der Waals surface area contributed by atoms with Crippen molar-refractivity contribution in [2.75, 3.05) is 60.6 Å². The molecule has 26 nitrogen and oxygen atoms in total. The van der Waals surface area contributed by atoms with Crippen molar-refractivity contribution < 1.29 is 47.5 Å². The molecule has 0 spiro atoms. The molecule has 12 aromatic rings. The van der Waals surface area contributed by atoms with Crippen molar-refractivity contribution in [1.82, 2.24) is 59.8 Å². The van der Waals surface area contributed by atoms with E-state index in [0.717, 1.165) is 38.9 Å². The van der Waals surface area contributed by atoms with Gasteiger partial charge in [0.05, 0.1) is 79.4 Å². The van der Waals surface area contributed by atoms with Gasteiger partial charge in [0.25, 0.3) is 0 Å². The summed E-state index contributed by atoms with van der Waals surface area (Å²) in [5.41, 5.74) is 17.0. The Morgan fingerprint density at radius 2 is 0.598 bits per heavy atom. The molecule has 0 radical (unpaired) electrons. The van der Waals surface area contributed by atoms with E-state index in [4.69, 9.17) is 22.1 Å². The summed E-state index contributed by atoms with van der Waals surface area (Å²) in [7, 11) is 8.35. The number of carbonyl (C=O) groups excluding carboxylic acids is 8. The molecule has 0 fully saturated rings. The van der Waals surface area contributed by atoms with Gasteiger partial charge in [-0.1, -0.05) is 161 Å². The number of methoxy groups -OCH3 is 1. The molecule has 4 amide bonds. The molecule has 0 aliphatic rings. The fourth-order valence-electron chi connectivity index (χ4n) is 11.6. The first-order valence-electron chi connectivity index (χ1n) is 37.8. The van der Waals surface area contributed by atoms with E-state index in [1.165, 1.54) is 25.8 Å². The summed E-state index contributed by atoms with van der Waals surface area (Å²) in [6, 6.07) is 42.9. The molecule has 8 heterocycles. The van der Waals surface area contributed by atoms with E-state index in [1.807, 2.05) is 93.6 Å². The molecule has 0 saturated heterocycles. The van der Waals surface area contributed by atoms with Crippen molar-refractivity contribution in [1.29, 1.82) is 0 Å². The van der Waals surface area contributed by atoms with Crippen LogP contribution in [0.15, 0.2) is 220 Å². The molecule has 117 heavy (non-hydrogen) atoms. The van der Waals surface area contributed by atoms with Crippen LogP contribution in [0.25, 0.3) is 45.6 Å². The Labute approximate surface area is 683 Å². The smallest absolute Gasteiger partial charge is 0.226 e. The maximum atomic E-state index is 13.6. The predicted octanol–water partition coefficient (Wildman–Crippen LogP) is 15.3. The van der Waals surface area contributed by atoms with Gasteiger partial charge in [-0.05, 0) is 61.1 Å². The summed E-state index contributed by atoms with van der Waals surface area (Å²) >= 11 is 6.04. The van der Waals surface area contributed by atoms with Crippen LogP contribution in [0.5, 0.6) is 5.88 Å². The Bertz CT molecular complexity index is 4970. The van der Waals surface area contributed by atoms with Crippen LogP contribution in [0.4, 0.5) is 33.0 Å². The summed E-state index contributed by atoms with van der Waals surface area (Å²) < 4.78 is 18.8. The topological polar surface area (TPSA) is 339 Å². The quantitative estimate of drug-likeness (QED) is 0.0336. The lowest BCUT2D eigenvalue weighted by atomic mass is 10.0. The molecule has 0 aliphatic carbocycles. The zero-order valence-electron chi connectivity index (χ0n) is 66.4. The third-order valence-corrected chi connectivity index (χ3v) is 19.1. The van der Waals surface area contributed by atoms with Gasteiger partial charge >= 0.3 is 0 Å². The number of aryl methyl sites for hydroxylation is 4. The second kappa shape index (κ2) is 43.4. The van der Waals surface area contributed by atoms with Crippen LogP contribution in [0.1, 0.15) is 143 Å². The summed E-state index contributed by atoms with van der Waals surface area (Å²) in [6.45, 7) is 7.22. The second-order valence-electron chi connectivity index (χ2n) is 26.4. The number of nitrogens with two attached hydrogens (primary N) is 1. The van der Waals surface area contributed by atoms with Crippen molar-refractivity contribution in [3.63, 3.8) is 0 Å². The summed E-state index contributed by atoms with van der Waals surface area (Å²) in [6.07, 6.45) is 24.1. The molecule has 4 aromatic carbocycles. The molecular weight excluding hydrogens is 1510 g/mol. The Kier molecular flexibility index (Phi) is 32.4. The number of carbonyl (C=O) groups is 8. The molecule has 0 aliphatic heterocycles. The van der Waals surface area contributed by atoms with Gasteiger partial charge in [0.1, 0.15) is 11.0 Å². The largest absolute Gasteiger partial charge is 0.481 e. The minimum absolute atomic E-state index is 0.00174. The minimum atomic E-state index is -0.539. The standard InChI is InChI=1S/C23H24N4O3.C22H21ClN4O2.C22H21FN4O2.C22H23N5O2/c1-4-21(29)27(2)19-14-25-22(26-15-19)17-9-7-16(8-10-17)20(28)12-11-18-6-5-13-24-23(18)30-3;3*1-3-20(29)27(2)18-13-25-22(26-14-18)17-8-6-15(7-9-17)19(28)11-10-16-5-4-12-24-21(16)23/h5-10,13-15H,4,11-12H2,1-3H3;2*4-9,12-14H,3,10-11H2,1-2H3;4-9,12-14H,3,10-11H2,1-2H3,(H2,23,24). The number of pyridine rings is 4.